The number of nitrogens with zero attached hydrogens (tertiary/aromatic N) is 3. The molecule has 4 aromatic carbocycles. The van der Waals surface area contributed by atoms with Gasteiger partial charge in [-0.25, -0.2) is 27.2 Å². The number of imidazole rings is 1. The first kappa shape index (κ1) is 27.7. The van der Waals surface area contributed by atoms with Gasteiger partial charge in [0.05, 0.1) is 22.0 Å². The number of fused-ring (bicyclic) bond motifs is 1. The molecule has 2 aromatic heterocycles. The average Bonchev–Trinajstić information content (AvgIpc) is 3.81. The number of aromatic nitrogens is 3. The number of ether oxygens (including phenoxy) is 1. The van der Waals surface area contributed by atoms with Gasteiger partial charge in [0.25, 0.3) is 0 Å². The smallest absolute Gasteiger partial charge is 0.235 e. The van der Waals surface area contributed by atoms with Gasteiger partial charge in [0.1, 0.15) is 24.6 Å². The van der Waals surface area contributed by atoms with Gasteiger partial charge in [0.2, 0.25) is 15.9 Å². The van der Waals surface area contributed by atoms with Crippen molar-refractivity contribution >= 4 is 26.7 Å². The van der Waals surface area contributed by atoms with E-state index in [1.54, 1.807) is 35.3 Å². The van der Waals surface area contributed by atoms with Crippen molar-refractivity contribution < 1.29 is 21.9 Å². The molecule has 1 N–H and O–H groups in total. The SMILES string of the molecule is O=S(=O)(Nc1cc(-c2ccc(F)cc2F)cc(-n2cnc3cc(-c4ccc(OCc5ccccc5)nc4)ccc32)c1)C1CC1. The third kappa shape index (κ3) is 5.76. The first-order chi connectivity index (χ1) is 21.3. The van der Waals surface area contributed by atoms with Crippen LogP contribution in [-0.4, -0.2) is 28.2 Å². The standard InChI is InChI=1S/C34H26F2N4O3S/c35-26-8-11-30(31(36)17-26)25-14-27(39-44(41,42)29-9-10-29)18-28(15-25)40-21-38-32-16-23(6-12-33(32)40)24-7-13-34(37-19-24)43-20-22-4-2-1-3-5-22/h1-8,11-19,21,29,39H,9-10,20H2. The molecular weight excluding hydrogens is 582 g/mol. The lowest BCUT2D eigenvalue weighted by Crippen LogP contribution is -2.17. The summed E-state index contributed by atoms with van der Waals surface area (Å²) >= 11 is 0. The van der Waals surface area contributed by atoms with E-state index in [1.807, 2.05) is 60.7 Å². The average molecular weight is 609 g/mol. The van der Waals surface area contributed by atoms with Crippen LogP contribution in [0.15, 0.2) is 110 Å². The first-order valence-electron chi connectivity index (χ1n) is 14.1. The summed E-state index contributed by atoms with van der Waals surface area (Å²) in [4.78, 5) is 9.04. The molecule has 0 spiro atoms. The van der Waals surface area contributed by atoms with E-state index in [2.05, 4.69) is 14.7 Å². The van der Waals surface area contributed by atoms with Gasteiger partial charge in [-0.3, -0.25) is 9.29 Å². The molecule has 0 bridgehead atoms. The van der Waals surface area contributed by atoms with Crippen LogP contribution in [0, 0.1) is 11.6 Å². The van der Waals surface area contributed by atoms with Gasteiger partial charge in [-0.05, 0) is 78.1 Å². The Morgan fingerprint density at radius 1 is 0.841 bits per heavy atom. The molecule has 6 aromatic rings. The van der Waals surface area contributed by atoms with Crippen LogP contribution >= 0.6 is 0 Å². The van der Waals surface area contributed by atoms with Crippen LogP contribution in [0.3, 0.4) is 0 Å². The molecule has 1 fully saturated rings. The van der Waals surface area contributed by atoms with Gasteiger partial charge in [-0.2, -0.15) is 0 Å². The molecule has 1 saturated carbocycles. The highest BCUT2D eigenvalue weighted by Crippen LogP contribution is 2.34. The van der Waals surface area contributed by atoms with Crippen molar-refractivity contribution in [3.8, 4) is 33.8 Å². The number of nitrogens with one attached hydrogen (secondary N) is 1. The van der Waals surface area contributed by atoms with Crippen molar-refractivity contribution in [1.82, 2.24) is 14.5 Å². The van der Waals surface area contributed by atoms with E-state index in [0.29, 0.717) is 42.1 Å². The molecule has 0 amide bonds. The summed E-state index contributed by atoms with van der Waals surface area (Å²) in [5.74, 6) is -0.921. The number of sulfonamides is 1. The van der Waals surface area contributed by atoms with E-state index in [1.165, 1.54) is 12.1 Å². The summed E-state index contributed by atoms with van der Waals surface area (Å²) in [7, 11) is -3.58. The monoisotopic (exact) mass is 608 g/mol. The highest BCUT2D eigenvalue weighted by molar-refractivity contribution is 7.93. The van der Waals surface area contributed by atoms with E-state index in [0.717, 1.165) is 28.3 Å². The highest BCUT2D eigenvalue weighted by Gasteiger charge is 2.35. The second-order valence-corrected chi connectivity index (χ2v) is 12.7. The van der Waals surface area contributed by atoms with E-state index in [9.17, 15) is 17.2 Å². The summed E-state index contributed by atoms with van der Waals surface area (Å²) in [6.07, 6.45) is 4.58. The van der Waals surface area contributed by atoms with Gasteiger partial charge in [0, 0.05) is 35.1 Å². The minimum atomic E-state index is -3.58. The number of benzene rings is 4. The maximum Gasteiger partial charge on any atom is 0.235 e. The Morgan fingerprint density at radius 3 is 2.41 bits per heavy atom. The predicted molar refractivity (Wildman–Crippen MR) is 166 cm³/mol. The molecule has 1 aliphatic rings. The van der Waals surface area contributed by atoms with Crippen LogP contribution in [0.1, 0.15) is 18.4 Å². The molecule has 7 nitrogen and oxygen atoms in total. The van der Waals surface area contributed by atoms with Crippen LogP contribution in [0.2, 0.25) is 0 Å². The van der Waals surface area contributed by atoms with E-state index in [-0.39, 0.29) is 11.3 Å². The lowest BCUT2D eigenvalue weighted by molar-refractivity contribution is 0.294. The molecule has 44 heavy (non-hydrogen) atoms. The maximum absolute atomic E-state index is 14.8. The Hall–Kier alpha value is -5.09. The zero-order valence-corrected chi connectivity index (χ0v) is 24.1. The van der Waals surface area contributed by atoms with Crippen molar-refractivity contribution in [2.75, 3.05) is 4.72 Å². The Bertz CT molecular complexity index is 2100. The summed E-state index contributed by atoms with van der Waals surface area (Å²) in [5.41, 5.74) is 5.71. The molecule has 2 heterocycles. The zero-order valence-electron chi connectivity index (χ0n) is 23.3. The molecular formula is C34H26F2N4O3S. The zero-order chi connectivity index (χ0) is 30.3. The van der Waals surface area contributed by atoms with E-state index < -0.39 is 26.9 Å². The number of hydrogen-bond donors (Lipinski definition) is 1. The topological polar surface area (TPSA) is 86.1 Å². The van der Waals surface area contributed by atoms with Crippen LogP contribution in [-0.2, 0) is 16.6 Å². The van der Waals surface area contributed by atoms with Gasteiger partial charge in [0.15, 0.2) is 0 Å². The molecule has 0 aliphatic heterocycles. The van der Waals surface area contributed by atoms with E-state index >= 15 is 0 Å². The Morgan fingerprint density at radius 2 is 1.66 bits per heavy atom. The lowest BCUT2D eigenvalue weighted by atomic mass is 10.0. The van der Waals surface area contributed by atoms with Crippen LogP contribution in [0.4, 0.5) is 14.5 Å². The van der Waals surface area contributed by atoms with Crippen molar-refractivity contribution in [3.05, 3.63) is 127 Å². The highest BCUT2D eigenvalue weighted by atomic mass is 32.2. The Balaban J connectivity index is 1.20. The first-order valence-corrected chi connectivity index (χ1v) is 15.6. The third-order valence-electron chi connectivity index (χ3n) is 7.51. The van der Waals surface area contributed by atoms with Crippen molar-refractivity contribution in [2.45, 2.75) is 24.7 Å². The predicted octanol–water partition coefficient (Wildman–Crippen LogP) is 7.52. The summed E-state index contributed by atoms with van der Waals surface area (Å²) in [5, 5.41) is -0.441. The van der Waals surface area contributed by atoms with Gasteiger partial charge < -0.3 is 4.74 Å². The number of rotatable bonds is 9. The summed E-state index contributed by atoms with van der Waals surface area (Å²) < 4.78 is 64.2. The number of anilines is 1. The van der Waals surface area contributed by atoms with Crippen LogP contribution in [0.5, 0.6) is 5.88 Å². The molecule has 0 saturated heterocycles. The second-order valence-electron chi connectivity index (χ2n) is 10.7. The Labute approximate surface area is 252 Å². The fraction of sp³-hybridized carbons (Fsp3) is 0.118. The fourth-order valence-corrected chi connectivity index (χ4v) is 6.45. The van der Waals surface area contributed by atoms with Gasteiger partial charge >= 0.3 is 0 Å². The van der Waals surface area contributed by atoms with Crippen molar-refractivity contribution in [1.29, 1.82) is 0 Å². The maximum atomic E-state index is 14.8. The third-order valence-corrected chi connectivity index (χ3v) is 9.38. The minimum absolute atomic E-state index is 0.149. The van der Waals surface area contributed by atoms with Gasteiger partial charge in [-0.15, -0.1) is 0 Å². The molecule has 220 valence electrons. The van der Waals surface area contributed by atoms with E-state index in [4.69, 9.17) is 4.74 Å². The number of hydrogen-bond acceptors (Lipinski definition) is 5. The summed E-state index contributed by atoms with van der Waals surface area (Å²) in [6, 6.07) is 27.7. The van der Waals surface area contributed by atoms with Gasteiger partial charge in [-0.1, -0.05) is 36.4 Å². The number of pyridine rings is 1. The van der Waals surface area contributed by atoms with Crippen molar-refractivity contribution in [3.63, 3.8) is 0 Å². The number of halogens is 2. The van der Waals surface area contributed by atoms with Crippen LogP contribution < -0.4 is 9.46 Å². The molecule has 7 rings (SSSR count). The van der Waals surface area contributed by atoms with Crippen molar-refractivity contribution in [2.24, 2.45) is 0 Å². The Kier molecular flexibility index (Phi) is 7.06. The molecule has 1 aliphatic carbocycles. The second kappa shape index (κ2) is 11.2. The lowest BCUT2D eigenvalue weighted by Gasteiger charge is -2.14. The quantitative estimate of drug-likeness (QED) is 0.184. The molecule has 0 unspecified atom stereocenters. The largest absolute Gasteiger partial charge is 0.473 e. The fourth-order valence-electron chi connectivity index (χ4n) is 5.08. The molecule has 10 heteroatoms. The normalized spacial score (nSPS) is 13.2. The minimum Gasteiger partial charge on any atom is -0.473 e. The molecule has 0 radical (unpaired) electrons. The molecule has 0 atom stereocenters. The van der Waals surface area contributed by atoms with Crippen LogP contribution in [0.25, 0.3) is 39.0 Å². The summed E-state index contributed by atoms with van der Waals surface area (Å²) in [6.45, 7) is 0.426.